The molecule has 2 aromatic rings. The average Bonchev–Trinajstić information content (AvgIpc) is 4.03. The molecule has 1 saturated heterocycles. The van der Waals surface area contributed by atoms with Crippen molar-refractivity contribution >= 4 is 44.9 Å². The normalized spacial score (nSPS) is 26.2. The molecule has 1 aliphatic heterocycles. The monoisotopic (exact) mass is 782 g/mol. The fraction of sp³-hybridized carbons (Fsp3) is 0.675. The van der Waals surface area contributed by atoms with Gasteiger partial charge in [0, 0.05) is 18.9 Å². The van der Waals surface area contributed by atoms with Gasteiger partial charge in [-0.05, 0) is 101 Å². The minimum atomic E-state index is -3.72. The maximum absolute atomic E-state index is 14.0. The van der Waals surface area contributed by atoms with Gasteiger partial charge in [0.15, 0.2) is 0 Å². The highest BCUT2D eigenvalue weighted by molar-refractivity contribution is 7.91. The topological polar surface area (TPSA) is 192 Å². The number of benzene rings is 1. The molecule has 4 aliphatic rings. The van der Waals surface area contributed by atoms with Gasteiger partial charge < -0.3 is 25.4 Å². The van der Waals surface area contributed by atoms with E-state index in [1.54, 1.807) is 20.8 Å². The second-order valence-corrected chi connectivity index (χ2v) is 20.3. The van der Waals surface area contributed by atoms with Gasteiger partial charge in [0.2, 0.25) is 27.7 Å². The first-order valence-electron chi connectivity index (χ1n) is 19.6. The van der Waals surface area contributed by atoms with E-state index in [1.807, 2.05) is 55.7 Å². The highest BCUT2D eigenvalue weighted by atomic mass is 32.2. The zero-order valence-electron chi connectivity index (χ0n) is 33.2. The molecule has 2 heterocycles. The summed E-state index contributed by atoms with van der Waals surface area (Å²) in [6.45, 7) is 13.4. The largest absolute Gasteiger partial charge is 0.459 e. The second kappa shape index (κ2) is 14.7. The standard InChI is InChI=1S/C40H58N6O8S/c1-25-22-40(25)23-27(40)33(48)44-55(51,52)39(18-19-39)17-13-9-8-10-14-20-45-29-16-12-11-15-28(29)42-35(45)53-26-21-30(32(41)47)46(24-26)34(49)31(37(2,3)4)43-36(50)54-38(5,6)7/h8-9,11-12,15-16,25-27,30-31H,10,13-14,17-24H2,1-7H3,(H2,41,47)(H,43,50)(H,44,48)/b9-8-/t25-,26?,27-,30+,31?,40?/m1/s1. The Morgan fingerprint density at radius 3 is 2.33 bits per heavy atom. The minimum Gasteiger partial charge on any atom is -0.459 e. The lowest BCUT2D eigenvalue weighted by atomic mass is 9.85. The van der Waals surface area contributed by atoms with E-state index < -0.39 is 61.9 Å². The van der Waals surface area contributed by atoms with Gasteiger partial charge in [-0.1, -0.05) is 52.0 Å². The number of primary amides is 1. The quantitative estimate of drug-likeness (QED) is 0.166. The molecule has 3 saturated carbocycles. The van der Waals surface area contributed by atoms with Crippen LogP contribution < -0.4 is 20.5 Å². The summed E-state index contributed by atoms with van der Waals surface area (Å²) in [5.74, 6) is -1.10. The number of nitrogens with one attached hydrogen (secondary N) is 2. The number of para-hydroxylation sites is 2. The number of unbranched alkanes of at least 4 members (excludes halogenated alkanes) is 1. The van der Waals surface area contributed by atoms with E-state index in [2.05, 4.69) is 23.0 Å². The van der Waals surface area contributed by atoms with Crippen LogP contribution in [0.3, 0.4) is 0 Å². The van der Waals surface area contributed by atoms with Crippen molar-refractivity contribution in [1.82, 2.24) is 24.5 Å². The van der Waals surface area contributed by atoms with Gasteiger partial charge >= 0.3 is 6.09 Å². The predicted molar refractivity (Wildman–Crippen MR) is 207 cm³/mol. The van der Waals surface area contributed by atoms with Crippen LogP contribution in [0.5, 0.6) is 6.01 Å². The van der Waals surface area contributed by atoms with E-state index >= 15 is 0 Å². The second-order valence-electron chi connectivity index (χ2n) is 18.3. The van der Waals surface area contributed by atoms with Gasteiger partial charge in [0.05, 0.1) is 22.3 Å². The Hall–Kier alpha value is -4.14. The van der Waals surface area contributed by atoms with E-state index in [0.29, 0.717) is 44.2 Å². The summed E-state index contributed by atoms with van der Waals surface area (Å²) in [7, 11) is -3.72. The van der Waals surface area contributed by atoms with Crippen molar-refractivity contribution in [3.05, 3.63) is 36.4 Å². The number of alkyl carbamates (subject to hydrolysis) is 1. The lowest BCUT2D eigenvalue weighted by molar-refractivity contribution is -0.141. The molecule has 3 unspecified atom stereocenters. The fourth-order valence-electron chi connectivity index (χ4n) is 8.15. The minimum absolute atomic E-state index is 0.0701. The molecular weight excluding hydrogens is 725 g/mol. The van der Waals surface area contributed by atoms with Crippen LogP contribution >= 0.6 is 0 Å². The maximum Gasteiger partial charge on any atom is 0.408 e. The number of hydrogen-bond acceptors (Lipinski definition) is 9. The molecule has 14 nitrogen and oxygen atoms in total. The summed E-state index contributed by atoms with van der Waals surface area (Å²) in [6, 6.07) is 6.10. The van der Waals surface area contributed by atoms with E-state index in [1.165, 1.54) is 4.90 Å². The summed E-state index contributed by atoms with van der Waals surface area (Å²) < 4.78 is 41.7. The number of imidazole rings is 1. The zero-order chi connectivity index (χ0) is 40.1. The van der Waals surface area contributed by atoms with Crippen molar-refractivity contribution in [2.75, 3.05) is 6.54 Å². The number of hydrogen-bond donors (Lipinski definition) is 3. The van der Waals surface area contributed by atoms with E-state index in [0.717, 1.165) is 36.7 Å². The van der Waals surface area contributed by atoms with Crippen LogP contribution in [0.25, 0.3) is 11.0 Å². The van der Waals surface area contributed by atoms with Crippen LogP contribution in [-0.2, 0) is 35.7 Å². The molecule has 0 radical (unpaired) electrons. The van der Waals surface area contributed by atoms with Crippen LogP contribution in [0.1, 0.15) is 106 Å². The van der Waals surface area contributed by atoms with Crippen LogP contribution in [0.2, 0.25) is 0 Å². The molecule has 0 bridgehead atoms. The van der Waals surface area contributed by atoms with E-state index in [4.69, 9.17) is 20.2 Å². The fourth-order valence-corrected chi connectivity index (χ4v) is 9.80. The molecule has 6 rings (SSSR count). The number of aryl methyl sites for hydroxylation is 1. The Balaban J connectivity index is 1.04. The first-order valence-corrected chi connectivity index (χ1v) is 21.1. The smallest absolute Gasteiger partial charge is 0.408 e. The van der Waals surface area contributed by atoms with Crippen molar-refractivity contribution in [1.29, 1.82) is 0 Å². The zero-order valence-corrected chi connectivity index (χ0v) is 34.0. The number of rotatable bonds is 15. The molecule has 55 heavy (non-hydrogen) atoms. The van der Waals surface area contributed by atoms with Crippen LogP contribution in [0, 0.1) is 22.7 Å². The molecule has 4 fully saturated rings. The summed E-state index contributed by atoms with van der Waals surface area (Å²) in [5.41, 5.74) is 6.02. The Morgan fingerprint density at radius 2 is 1.73 bits per heavy atom. The Labute approximate surface area is 324 Å². The van der Waals surface area contributed by atoms with Gasteiger partial charge in [-0.2, -0.15) is 4.98 Å². The van der Waals surface area contributed by atoms with Crippen LogP contribution in [0.15, 0.2) is 36.4 Å². The van der Waals surface area contributed by atoms with E-state index in [-0.39, 0.29) is 30.2 Å². The number of allylic oxidation sites excluding steroid dienone is 2. The third kappa shape index (κ3) is 8.81. The molecule has 1 aromatic carbocycles. The molecular formula is C40H58N6O8S. The molecule has 6 atom stereocenters. The number of amides is 4. The molecule has 1 aromatic heterocycles. The molecule has 4 amide bonds. The predicted octanol–water partition coefficient (Wildman–Crippen LogP) is 4.95. The first kappa shape index (κ1) is 40.5. The van der Waals surface area contributed by atoms with Gasteiger partial charge in [-0.15, -0.1) is 0 Å². The SMILES string of the molecule is C[C@@H]1CC12C[C@@H]2C(=O)NS(=O)(=O)C1(CC/C=C\CCCn2c(OC3C[C@@H](C(N)=O)N(C(=O)C(NC(=O)OC(C)(C)C)C(C)(C)C)C3)nc3ccccc32)CC1. The Bertz CT molecular complexity index is 1960. The molecule has 15 heteroatoms. The van der Waals surface area contributed by atoms with Crippen molar-refractivity contribution in [2.24, 2.45) is 28.4 Å². The number of carbonyl (C=O) groups excluding carboxylic acids is 4. The third-order valence-corrected chi connectivity index (χ3v) is 14.0. The summed E-state index contributed by atoms with van der Waals surface area (Å²) >= 11 is 0. The number of likely N-dealkylation sites (tertiary alicyclic amines) is 1. The molecule has 4 N–H and O–H groups in total. The van der Waals surface area contributed by atoms with Gasteiger partial charge in [-0.3, -0.25) is 23.7 Å². The highest BCUT2D eigenvalue weighted by Gasteiger charge is 2.71. The third-order valence-electron chi connectivity index (χ3n) is 11.8. The van der Waals surface area contributed by atoms with Gasteiger partial charge in [0.1, 0.15) is 23.8 Å². The number of carbonyl (C=O) groups is 4. The Kier molecular flexibility index (Phi) is 10.9. The first-order chi connectivity index (χ1) is 25.7. The number of aromatic nitrogens is 2. The lowest BCUT2D eigenvalue weighted by Crippen LogP contribution is -2.58. The van der Waals surface area contributed by atoms with Crippen molar-refractivity contribution in [3.8, 4) is 6.01 Å². The number of ether oxygens (including phenoxy) is 2. The summed E-state index contributed by atoms with van der Waals surface area (Å²) in [5, 5.41) is 2.71. The average molecular weight is 783 g/mol. The molecule has 3 aliphatic carbocycles. The summed E-state index contributed by atoms with van der Waals surface area (Å²) in [4.78, 5) is 58.2. The van der Waals surface area contributed by atoms with Crippen LogP contribution in [0.4, 0.5) is 4.79 Å². The Morgan fingerprint density at radius 1 is 1.05 bits per heavy atom. The van der Waals surface area contributed by atoms with Crippen molar-refractivity contribution in [3.63, 3.8) is 0 Å². The van der Waals surface area contributed by atoms with Crippen molar-refractivity contribution in [2.45, 2.75) is 141 Å². The molecule has 1 spiro atoms. The number of fused-ring (bicyclic) bond motifs is 1. The summed E-state index contributed by atoms with van der Waals surface area (Å²) in [6.07, 6.45) is 8.43. The number of nitrogens with zero attached hydrogens (tertiary/aromatic N) is 3. The van der Waals surface area contributed by atoms with Gasteiger partial charge in [0.25, 0.3) is 6.01 Å². The number of nitrogens with two attached hydrogens (primary N) is 1. The number of sulfonamides is 1. The van der Waals surface area contributed by atoms with E-state index in [9.17, 15) is 27.6 Å². The lowest BCUT2D eigenvalue weighted by Gasteiger charge is -2.35. The maximum atomic E-state index is 14.0. The van der Waals surface area contributed by atoms with Gasteiger partial charge in [-0.25, -0.2) is 13.2 Å². The van der Waals surface area contributed by atoms with Crippen molar-refractivity contribution < 1.29 is 37.1 Å². The highest BCUT2D eigenvalue weighted by Crippen LogP contribution is 2.74. The van der Waals surface area contributed by atoms with Crippen LogP contribution in [-0.4, -0.2) is 81.8 Å². The molecule has 302 valence electrons.